The molecule has 0 saturated carbocycles. The van der Waals surface area contributed by atoms with Gasteiger partial charge in [-0.15, -0.1) is 13.2 Å². The summed E-state index contributed by atoms with van der Waals surface area (Å²) in [6.07, 6.45) is 0.0130. The summed E-state index contributed by atoms with van der Waals surface area (Å²) in [6.45, 7) is 5.13. The lowest BCUT2D eigenvalue weighted by Crippen LogP contribution is -2.17. The Hall–Kier alpha value is -1.39. The first kappa shape index (κ1) is 16.0. The van der Waals surface area contributed by atoms with Crippen LogP contribution in [0.15, 0.2) is 18.2 Å². The lowest BCUT2D eigenvalue weighted by Gasteiger charge is -2.20. The topological polar surface area (TPSA) is 21.3 Å². The molecule has 0 spiro atoms. The van der Waals surface area contributed by atoms with Gasteiger partial charge in [0.15, 0.2) is 0 Å². The Balaban J connectivity index is 2.08. The molecule has 1 aromatic rings. The maximum Gasteiger partial charge on any atom is 0.573 e. The van der Waals surface area contributed by atoms with Crippen LogP contribution in [0.25, 0.3) is 0 Å². The molecule has 2 unspecified atom stereocenters. The van der Waals surface area contributed by atoms with Crippen LogP contribution in [0.2, 0.25) is 0 Å². The smallest absolute Gasteiger partial charge is 0.406 e. The molecule has 2 rings (SSSR count). The SMILES string of the molecule is CCCCCC(C)C1CNc2ccc(OC(F)(F)F)cc21. The molecule has 0 aromatic heterocycles. The summed E-state index contributed by atoms with van der Waals surface area (Å²) in [7, 11) is 0. The lowest BCUT2D eigenvalue weighted by molar-refractivity contribution is -0.274. The summed E-state index contributed by atoms with van der Waals surface area (Å²) in [5.74, 6) is 0.579. The Morgan fingerprint density at radius 3 is 2.76 bits per heavy atom. The summed E-state index contributed by atoms with van der Waals surface area (Å²) in [6, 6.07) is 4.57. The Morgan fingerprint density at radius 1 is 1.33 bits per heavy atom. The second kappa shape index (κ2) is 6.58. The number of halogens is 3. The molecule has 1 aliphatic rings. The number of benzene rings is 1. The molecular weight excluding hydrogens is 279 g/mol. The van der Waals surface area contributed by atoms with Gasteiger partial charge in [-0.25, -0.2) is 0 Å². The molecule has 1 aromatic carbocycles. The van der Waals surface area contributed by atoms with Gasteiger partial charge in [0.2, 0.25) is 0 Å². The van der Waals surface area contributed by atoms with Gasteiger partial charge >= 0.3 is 6.36 Å². The van der Waals surface area contributed by atoms with E-state index in [0.717, 1.165) is 24.2 Å². The predicted octanol–water partition coefficient (Wildman–Crippen LogP) is 5.31. The molecule has 0 amide bonds. The van der Waals surface area contributed by atoms with E-state index in [4.69, 9.17) is 0 Å². The van der Waals surface area contributed by atoms with Crippen LogP contribution in [0.5, 0.6) is 5.75 Å². The number of rotatable bonds is 6. The van der Waals surface area contributed by atoms with Crippen molar-refractivity contribution in [3.63, 3.8) is 0 Å². The van der Waals surface area contributed by atoms with E-state index in [2.05, 4.69) is 23.9 Å². The lowest BCUT2D eigenvalue weighted by atomic mass is 9.85. The molecule has 0 aliphatic carbocycles. The number of ether oxygens (including phenoxy) is 1. The molecule has 1 aliphatic heterocycles. The molecule has 0 fully saturated rings. The normalized spacial score (nSPS) is 19.0. The van der Waals surface area contributed by atoms with Crippen molar-refractivity contribution >= 4 is 5.69 Å². The fraction of sp³-hybridized carbons (Fsp3) is 0.625. The van der Waals surface area contributed by atoms with Crippen LogP contribution in [0.3, 0.4) is 0 Å². The Labute approximate surface area is 123 Å². The van der Waals surface area contributed by atoms with Crippen molar-refractivity contribution in [1.82, 2.24) is 0 Å². The third kappa shape index (κ3) is 4.29. The first-order valence-electron chi connectivity index (χ1n) is 7.54. The molecular formula is C16H22F3NO. The highest BCUT2D eigenvalue weighted by Gasteiger charge is 2.33. The van der Waals surface area contributed by atoms with E-state index in [1.165, 1.54) is 31.4 Å². The van der Waals surface area contributed by atoms with Gasteiger partial charge in [-0.3, -0.25) is 0 Å². The van der Waals surface area contributed by atoms with Gasteiger partial charge in [0.25, 0.3) is 0 Å². The van der Waals surface area contributed by atoms with Gasteiger partial charge in [0, 0.05) is 18.2 Å². The zero-order chi connectivity index (χ0) is 15.5. The maximum absolute atomic E-state index is 12.3. The number of anilines is 1. The van der Waals surface area contributed by atoms with E-state index in [-0.39, 0.29) is 11.7 Å². The highest BCUT2D eigenvalue weighted by molar-refractivity contribution is 5.60. The van der Waals surface area contributed by atoms with Gasteiger partial charge in [0.05, 0.1) is 0 Å². The number of unbranched alkanes of at least 4 members (excludes halogenated alkanes) is 2. The molecule has 1 heterocycles. The van der Waals surface area contributed by atoms with Gasteiger partial charge in [-0.2, -0.15) is 0 Å². The molecule has 0 radical (unpaired) electrons. The molecule has 0 saturated heterocycles. The van der Waals surface area contributed by atoms with Crippen molar-refractivity contribution < 1.29 is 17.9 Å². The summed E-state index contributed by atoms with van der Waals surface area (Å²) in [5.41, 5.74) is 1.87. The molecule has 5 heteroatoms. The van der Waals surface area contributed by atoms with E-state index in [1.807, 2.05) is 0 Å². The maximum atomic E-state index is 12.3. The van der Waals surface area contributed by atoms with E-state index in [0.29, 0.717) is 5.92 Å². The minimum absolute atomic E-state index is 0.129. The molecule has 2 atom stereocenters. The van der Waals surface area contributed by atoms with Crippen molar-refractivity contribution in [1.29, 1.82) is 0 Å². The first-order chi connectivity index (χ1) is 9.90. The summed E-state index contributed by atoms with van der Waals surface area (Å²) < 4.78 is 41.0. The van der Waals surface area contributed by atoms with E-state index in [1.54, 1.807) is 6.07 Å². The zero-order valence-corrected chi connectivity index (χ0v) is 12.5. The highest BCUT2D eigenvalue weighted by atomic mass is 19.4. The van der Waals surface area contributed by atoms with Crippen molar-refractivity contribution in [2.45, 2.75) is 51.8 Å². The number of nitrogens with one attached hydrogen (secondary N) is 1. The predicted molar refractivity (Wildman–Crippen MR) is 77.7 cm³/mol. The van der Waals surface area contributed by atoms with Crippen molar-refractivity contribution in [2.75, 3.05) is 11.9 Å². The van der Waals surface area contributed by atoms with Crippen LogP contribution in [0, 0.1) is 5.92 Å². The summed E-state index contributed by atoms with van der Waals surface area (Å²) in [4.78, 5) is 0. The highest BCUT2D eigenvalue weighted by Crippen LogP contribution is 2.40. The summed E-state index contributed by atoms with van der Waals surface area (Å²) >= 11 is 0. The van der Waals surface area contributed by atoms with Crippen molar-refractivity contribution in [3.8, 4) is 5.75 Å². The zero-order valence-electron chi connectivity index (χ0n) is 12.5. The van der Waals surface area contributed by atoms with Crippen LogP contribution >= 0.6 is 0 Å². The number of fused-ring (bicyclic) bond motifs is 1. The number of alkyl halides is 3. The van der Waals surface area contributed by atoms with Crippen LogP contribution in [0.1, 0.15) is 51.0 Å². The monoisotopic (exact) mass is 301 g/mol. The second-order valence-corrected chi connectivity index (χ2v) is 5.76. The largest absolute Gasteiger partial charge is 0.573 e. The second-order valence-electron chi connectivity index (χ2n) is 5.76. The van der Waals surface area contributed by atoms with Crippen LogP contribution in [0.4, 0.5) is 18.9 Å². The molecule has 1 N–H and O–H groups in total. The Bertz CT molecular complexity index is 473. The van der Waals surface area contributed by atoms with Crippen LogP contribution in [-0.2, 0) is 0 Å². The molecule has 2 nitrogen and oxygen atoms in total. The number of hydrogen-bond acceptors (Lipinski definition) is 2. The molecule has 0 bridgehead atoms. The van der Waals surface area contributed by atoms with Crippen LogP contribution < -0.4 is 10.1 Å². The van der Waals surface area contributed by atoms with E-state index in [9.17, 15) is 13.2 Å². The van der Waals surface area contributed by atoms with E-state index >= 15 is 0 Å². The fourth-order valence-corrected chi connectivity index (χ4v) is 2.96. The third-order valence-corrected chi connectivity index (χ3v) is 4.12. The average molecular weight is 301 g/mol. The van der Waals surface area contributed by atoms with Crippen molar-refractivity contribution in [2.24, 2.45) is 5.92 Å². The minimum Gasteiger partial charge on any atom is -0.406 e. The number of hydrogen-bond donors (Lipinski definition) is 1. The summed E-state index contributed by atoms with van der Waals surface area (Å²) in [5, 5.41) is 3.27. The van der Waals surface area contributed by atoms with E-state index < -0.39 is 6.36 Å². The third-order valence-electron chi connectivity index (χ3n) is 4.12. The standard InChI is InChI=1S/C16H22F3NO/c1-3-4-5-6-11(2)14-10-20-15-8-7-12(9-13(14)15)21-16(17,18)19/h7-9,11,14,20H,3-6,10H2,1-2H3. The van der Waals surface area contributed by atoms with Crippen LogP contribution in [-0.4, -0.2) is 12.9 Å². The van der Waals surface area contributed by atoms with Crippen molar-refractivity contribution in [3.05, 3.63) is 23.8 Å². The van der Waals surface area contributed by atoms with Gasteiger partial charge in [0.1, 0.15) is 5.75 Å². The first-order valence-corrected chi connectivity index (χ1v) is 7.54. The van der Waals surface area contributed by atoms with Gasteiger partial charge in [-0.05, 0) is 29.7 Å². The Morgan fingerprint density at radius 2 is 2.10 bits per heavy atom. The Kier molecular flexibility index (Phi) is 5.01. The minimum atomic E-state index is -4.64. The fourth-order valence-electron chi connectivity index (χ4n) is 2.96. The van der Waals surface area contributed by atoms with Gasteiger partial charge < -0.3 is 10.1 Å². The molecule has 118 valence electrons. The van der Waals surface area contributed by atoms with Gasteiger partial charge in [-0.1, -0.05) is 39.5 Å². The molecule has 21 heavy (non-hydrogen) atoms. The quantitative estimate of drug-likeness (QED) is 0.719. The average Bonchev–Trinajstić information content (AvgIpc) is 2.80.